The molecule has 2 aromatic rings. The van der Waals surface area contributed by atoms with Crippen molar-refractivity contribution in [2.75, 3.05) is 44.1 Å². The number of nitrogens with one attached hydrogen (secondary N) is 1. The predicted molar refractivity (Wildman–Crippen MR) is 142 cm³/mol. The van der Waals surface area contributed by atoms with Crippen LogP contribution in [0.25, 0.3) is 0 Å². The van der Waals surface area contributed by atoms with Crippen LogP contribution < -0.4 is 5.32 Å². The zero-order valence-electron chi connectivity index (χ0n) is 22.0. The van der Waals surface area contributed by atoms with E-state index in [0.717, 1.165) is 6.07 Å². The molecule has 1 aliphatic rings. The molecule has 0 saturated carbocycles. The molecule has 1 fully saturated rings. The van der Waals surface area contributed by atoms with Gasteiger partial charge in [0.05, 0.1) is 23.1 Å². The summed E-state index contributed by atoms with van der Waals surface area (Å²) in [5.41, 5.74) is 0.566. The fourth-order valence-corrected chi connectivity index (χ4v) is 5.58. The minimum Gasteiger partial charge on any atom is -0.476 e. The fourth-order valence-electron chi connectivity index (χ4n) is 4.08. The van der Waals surface area contributed by atoms with Crippen LogP contribution in [0.5, 0.6) is 0 Å². The van der Waals surface area contributed by atoms with Crippen molar-refractivity contribution in [2.24, 2.45) is 10.9 Å². The number of aliphatic imine (C=N–C) groups is 1. The minimum absolute atomic E-state index is 0.0826. The SMILES string of the molecule is C=C(C(=Nc1ncnc(N[C@H](C)c2cccc(C(F)F)c2F)c1C)OCCN(C)C)C1CCS(=O)(=O)CC1. The summed E-state index contributed by atoms with van der Waals surface area (Å²) in [6.45, 7) is 8.50. The third-order valence-electron chi connectivity index (χ3n) is 6.48. The van der Waals surface area contributed by atoms with Gasteiger partial charge in [0.25, 0.3) is 6.43 Å². The molecule has 3 rings (SSSR count). The van der Waals surface area contributed by atoms with Crippen LogP contribution in [0.1, 0.15) is 48.9 Å². The Morgan fingerprint density at radius 3 is 2.53 bits per heavy atom. The van der Waals surface area contributed by atoms with Crippen LogP contribution in [0.3, 0.4) is 0 Å². The van der Waals surface area contributed by atoms with E-state index in [1.54, 1.807) is 13.8 Å². The number of nitrogens with zero attached hydrogens (tertiary/aromatic N) is 4. The van der Waals surface area contributed by atoms with E-state index in [1.165, 1.54) is 18.5 Å². The second kappa shape index (κ2) is 12.7. The molecular weight excluding hydrogens is 519 g/mol. The number of halogens is 3. The first kappa shape index (κ1) is 29.6. The van der Waals surface area contributed by atoms with E-state index in [2.05, 4.69) is 26.9 Å². The lowest BCUT2D eigenvalue weighted by Gasteiger charge is -2.25. The molecule has 8 nitrogen and oxygen atoms in total. The van der Waals surface area contributed by atoms with Gasteiger partial charge in [-0.05, 0) is 46.7 Å². The molecular formula is C26H34F3N5O3S. The monoisotopic (exact) mass is 553 g/mol. The molecule has 0 unspecified atom stereocenters. The van der Waals surface area contributed by atoms with Gasteiger partial charge < -0.3 is 15.0 Å². The number of likely N-dealkylation sites (N-methyl/N-ethyl adjacent to an activating group) is 1. The van der Waals surface area contributed by atoms with Crippen LogP contribution in [0, 0.1) is 18.7 Å². The van der Waals surface area contributed by atoms with Crippen molar-refractivity contribution in [2.45, 2.75) is 39.2 Å². The summed E-state index contributed by atoms with van der Waals surface area (Å²) in [6.07, 6.45) is -0.756. The molecule has 0 aliphatic carbocycles. The molecule has 2 heterocycles. The Balaban J connectivity index is 1.88. The Morgan fingerprint density at radius 1 is 1.24 bits per heavy atom. The van der Waals surface area contributed by atoms with E-state index >= 15 is 0 Å². The number of rotatable bonds is 10. The lowest BCUT2D eigenvalue weighted by atomic mass is 9.94. The average Bonchev–Trinajstić information content (AvgIpc) is 2.85. The molecule has 1 saturated heterocycles. The number of hydrogen-bond donors (Lipinski definition) is 1. The number of alkyl halides is 2. The highest BCUT2D eigenvalue weighted by molar-refractivity contribution is 7.91. The highest BCUT2D eigenvalue weighted by Crippen LogP contribution is 2.31. The van der Waals surface area contributed by atoms with E-state index in [1.807, 2.05) is 19.0 Å². The van der Waals surface area contributed by atoms with Gasteiger partial charge in [0.15, 0.2) is 5.82 Å². The van der Waals surface area contributed by atoms with Crippen LogP contribution in [0.4, 0.5) is 24.8 Å². The quantitative estimate of drug-likeness (QED) is 0.326. The van der Waals surface area contributed by atoms with Gasteiger partial charge in [-0.1, -0.05) is 24.8 Å². The minimum atomic E-state index is -3.05. The van der Waals surface area contributed by atoms with Crippen LogP contribution in [-0.2, 0) is 14.6 Å². The normalized spacial score (nSPS) is 17.0. The number of anilines is 1. The predicted octanol–water partition coefficient (Wildman–Crippen LogP) is 5.02. The van der Waals surface area contributed by atoms with E-state index < -0.39 is 33.7 Å². The highest BCUT2D eigenvalue weighted by Gasteiger charge is 2.28. The zero-order chi connectivity index (χ0) is 28.0. The first-order valence-corrected chi connectivity index (χ1v) is 14.1. The summed E-state index contributed by atoms with van der Waals surface area (Å²) < 4.78 is 70.8. The zero-order valence-corrected chi connectivity index (χ0v) is 22.9. The fraction of sp³-hybridized carbons (Fsp3) is 0.500. The van der Waals surface area contributed by atoms with Crippen molar-refractivity contribution in [1.82, 2.24) is 14.9 Å². The topological polar surface area (TPSA) is 96.8 Å². The summed E-state index contributed by atoms with van der Waals surface area (Å²) >= 11 is 0. The number of ether oxygens (including phenoxy) is 1. The van der Waals surface area contributed by atoms with Gasteiger partial charge in [0, 0.05) is 23.2 Å². The summed E-state index contributed by atoms with van der Waals surface area (Å²) in [5, 5.41) is 3.06. The van der Waals surface area contributed by atoms with Crippen molar-refractivity contribution < 1.29 is 26.3 Å². The number of hydrogen-bond acceptors (Lipinski definition) is 8. The first-order valence-electron chi connectivity index (χ1n) is 12.3. The maximum atomic E-state index is 14.7. The lowest BCUT2D eigenvalue weighted by molar-refractivity contribution is 0.146. The molecule has 0 bridgehead atoms. The van der Waals surface area contributed by atoms with Crippen LogP contribution in [0.15, 0.2) is 41.7 Å². The molecule has 12 heteroatoms. The maximum absolute atomic E-state index is 14.7. The maximum Gasteiger partial charge on any atom is 0.266 e. The molecule has 0 amide bonds. The van der Waals surface area contributed by atoms with Crippen LogP contribution >= 0.6 is 0 Å². The molecule has 38 heavy (non-hydrogen) atoms. The Bertz CT molecular complexity index is 1270. The Morgan fingerprint density at radius 2 is 1.89 bits per heavy atom. The Kier molecular flexibility index (Phi) is 9.88. The van der Waals surface area contributed by atoms with Gasteiger partial charge >= 0.3 is 0 Å². The standard InChI is InChI=1S/C26H34F3N5O3S/c1-16(19-9-13-38(35,36)14-10-19)26(37-12-11-34(4)5)33-25-17(2)24(30-15-31-25)32-18(3)20-7-6-8-21(22(20)27)23(28)29/h6-8,15,18-19,23H,1,9-14H2,2-5H3,(H,30,31,32)/t18-/m1/s1. The number of benzene rings is 1. The van der Waals surface area contributed by atoms with Crippen molar-refractivity contribution >= 4 is 27.4 Å². The van der Waals surface area contributed by atoms with Crippen LogP contribution in [0.2, 0.25) is 0 Å². The molecule has 1 aromatic heterocycles. The second-order valence-electron chi connectivity index (χ2n) is 9.61. The molecule has 1 atom stereocenters. The highest BCUT2D eigenvalue weighted by atomic mass is 32.2. The van der Waals surface area contributed by atoms with Crippen LogP contribution in [-0.4, -0.2) is 67.9 Å². The average molecular weight is 554 g/mol. The van der Waals surface area contributed by atoms with Crippen molar-refractivity contribution in [3.8, 4) is 0 Å². The lowest BCUT2D eigenvalue weighted by Crippen LogP contribution is -2.28. The van der Waals surface area contributed by atoms with Gasteiger partial charge in [0.1, 0.15) is 34.4 Å². The van der Waals surface area contributed by atoms with Gasteiger partial charge in [-0.2, -0.15) is 4.99 Å². The number of aromatic nitrogens is 2. The number of sulfone groups is 1. The smallest absolute Gasteiger partial charge is 0.266 e. The third kappa shape index (κ3) is 7.53. The Hall–Kier alpha value is -2.99. The van der Waals surface area contributed by atoms with Gasteiger partial charge in [-0.15, -0.1) is 0 Å². The van der Waals surface area contributed by atoms with Crippen molar-refractivity contribution in [1.29, 1.82) is 0 Å². The van der Waals surface area contributed by atoms with Crippen molar-refractivity contribution in [3.63, 3.8) is 0 Å². The molecule has 208 valence electrons. The Labute approximate surface area is 222 Å². The third-order valence-corrected chi connectivity index (χ3v) is 8.19. The summed E-state index contributed by atoms with van der Waals surface area (Å²) in [6, 6.07) is 3.22. The molecule has 0 spiro atoms. The van der Waals surface area contributed by atoms with Gasteiger partial charge in [0.2, 0.25) is 5.90 Å². The van der Waals surface area contributed by atoms with E-state index in [-0.39, 0.29) is 28.9 Å². The second-order valence-corrected chi connectivity index (χ2v) is 11.9. The summed E-state index contributed by atoms with van der Waals surface area (Å²) in [4.78, 5) is 15.1. The van der Waals surface area contributed by atoms with Crippen molar-refractivity contribution in [3.05, 3.63) is 59.2 Å². The van der Waals surface area contributed by atoms with E-state index in [9.17, 15) is 21.6 Å². The van der Waals surface area contributed by atoms with Gasteiger partial charge in [-0.25, -0.2) is 31.6 Å². The van der Waals surface area contributed by atoms with E-state index in [0.29, 0.717) is 48.8 Å². The molecule has 1 N–H and O–H groups in total. The molecule has 1 aromatic carbocycles. The summed E-state index contributed by atoms with van der Waals surface area (Å²) in [7, 11) is 0.777. The summed E-state index contributed by atoms with van der Waals surface area (Å²) in [5.74, 6) is 0.0347. The van der Waals surface area contributed by atoms with E-state index in [4.69, 9.17) is 4.74 Å². The molecule has 1 aliphatic heterocycles. The van der Waals surface area contributed by atoms with Gasteiger partial charge in [-0.3, -0.25) is 0 Å². The first-order chi connectivity index (χ1) is 17.9. The largest absolute Gasteiger partial charge is 0.476 e. The molecule has 0 radical (unpaired) electrons.